The summed E-state index contributed by atoms with van der Waals surface area (Å²) in [5, 5.41) is 13.7. The minimum absolute atomic E-state index is 0.00764. The fourth-order valence-electron chi connectivity index (χ4n) is 2.41. The highest BCUT2D eigenvalue weighted by Gasteiger charge is 2.18. The highest BCUT2D eigenvalue weighted by molar-refractivity contribution is 5.92. The van der Waals surface area contributed by atoms with Crippen molar-refractivity contribution >= 4 is 22.7 Å². The van der Waals surface area contributed by atoms with Crippen LogP contribution in [0.3, 0.4) is 0 Å². The number of ether oxygens (including phenoxy) is 2. The molecule has 0 saturated heterocycles. The number of aliphatic hydroxyl groups is 1. The first-order valence-corrected chi connectivity index (χ1v) is 7.60. The zero-order chi connectivity index (χ0) is 17.0. The maximum absolute atomic E-state index is 9.63. The summed E-state index contributed by atoms with van der Waals surface area (Å²) in [6.45, 7) is 4.16. The van der Waals surface area contributed by atoms with Crippen LogP contribution in [0.2, 0.25) is 0 Å². The Bertz CT molecular complexity index is 678. The molecule has 7 nitrogen and oxygen atoms in total. The molecule has 0 bridgehead atoms. The number of hydrogen-bond donors (Lipinski definition) is 3. The number of benzene rings is 1. The van der Waals surface area contributed by atoms with Crippen molar-refractivity contribution in [2.45, 2.75) is 26.3 Å². The molecule has 0 saturated carbocycles. The number of hydrogen-bond acceptors (Lipinski definition) is 7. The summed E-state index contributed by atoms with van der Waals surface area (Å²) in [7, 11) is 3.14. The summed E-state index contributed by atoms with van der Waals surface area (Å²) in [6, 6.07) is 3.45. The zero-order valence-electron chi connectivity index (χ0n) is 14.0. The molecule has 0 aliphatic heterocycles. The summed E-state index contributed by atoms with van der Waals surface area (Å²) in [6.07, 6.45) is 0.938. The second kappa shape index (κ2) is 7.32. The number of nitrogens with two attached hydrogens (primary N) is 1. The van der Waals surface area contributed by atoms with Gasteiger partial charge in [-0.2, -0.15) is 4.98 Å². The van der Waals surface area contributed by atoms with E-state index in [9.17, 15) is 5.11 Å². The Hall–Kier alpha value is -2.28. The fourth-order valence-corrected chi connectivity index (χ4v) is 2.41. The first-order chi connectivity index (χ1) is 11.0. The molecule has 0 amide bonds. The van der Waals surface area contributed by atoms with Crippen molar-refractivity contribution in [1.82, 2.24) is 9.97 Å². The smallest absolute Gasteiger partial charge is 0.222 e. The Balaban J connectivity index is 2.54. The number of nitrogens with one attached hydrogen (secondary N) is 1. The molecule has 0 aliphatic rings. The summed E-state index contributed by atoms with van der Waals surface area (Å²) >= 11 is 0. The number of rotatable bonds is 7. The molecule has 0 spiro atoms. The fraction of sp³-hybridized carbons (Fsp3) is 0.500. The van der Waals surface area contributed by atoms with E-state index in [0.717, 1.165) is 11.8 Å². The molecule has 0 aliphatic carbocycles. The quantitative estimate of drug-likeness (QED) is 0.717. The van der Waals surface area contributed by atoms with E-state index in [1.807, 2.05) is 0 Å². The van der Waals surface area contributed by atoms with Gasteiger partial charge in [0.2, 0.25) is 5.95 Å². The predicted molar refractivity (Wildman–Crippen MR) is 91.0 cm³/mol. The van der Waals surface area contributed by atoms with Crippen molar-refractivity contribution < 1.29 is 14.6 Å². The lowest BCUT2D eigenvalue weighted by Gasteiger charge is -2.23. The van der Waals surface area contributed by atoms with Crippen LogP contribution in [-0.4, -0.2) is 41.9 Å². The monoisotopic (exact) mass is 320 g/mol. The van der Waals surface area contributed by atoms with Crippen molar-refractivity contribution in [3.05, 3.63) is 12.1 Å². The van der Waals surface area contributed by atoms with Crippen LogP contribution in [0.25, 0.3) is 10.9 Å². The first kappa shape index (κ1) is 17.1. The van der Waals surface area contributed by atoms with E-state index in [0.29, 0.717) is 22.8 Å². The minimum Gasteiger partial charge on any atom is -0.493 e. The van der Waals surface area contributed by atoms with E-state index in [-0.39, 0.29) is 24.5 Å². The number of aromatic nitrogens is 2. The molecule has 2 aromatic rings. The van der Waals surface area contributed by atoms with Crippen LogP contribution in [0.4, 0.5) is 11.8 Å². The summed E-state index contributed by atoms with van der Waals surface area (Å²) in [5.41, 5.74) is 6.47. The van der Waals surface area contributed by atoms with Crippen LogP contribution >= 0.6 is 0 Å². The number of nitrogens with zero attached hydrogens (tertiary/aromatic N) is 2. The van der Waals surface area contributed by atoms with Crippen LogP contribution in [-0.2, 0) is 0 Å². The summed E-state index contributed by atoms with van der Waals surface area (Å²) in [4.78, 5) is 8.53. The Labute approximate surface area is 135 Å². The second-order valence-electron chi connectivity index (χ2n) is 5.47. The van der Waals surface area contributed by atoms with Gasteiger partial charge in [0.05, 0.1) is 32.4 Å². The normalized spacial score (nSPS) is 13.6. The van der Waals surface area contributed by atoms with E-state index >= 15 is 0 Å². The average Bonchev–Trinajstić information content (AvgIpc) is 2.57. The van der Waals surface area contributed by atoms with Gasteiger partial charge in [-0.25, -0.2) is 4.98 Å². The van der Waals surface area contributed by atoms with Crippen molar-refractivity contribution in [1.29, 1.82) is 0 Å². The molecule has 2 rings (SSSR count). The Kier molecular flexibility index (Phi) is 5.44. The van der Waals surface area contributed by atoms with Crippen LogP contribution in [0.1, 0.15) is 20.3 Å². The molecule has 23 heavy (non-hydrogen) atoms. The standard InChI is InChI=1S/C16H24N4O3/c1-5-9(2)12(8-21)18-15-10-6-13(22-3)14(23-4)7-11(10)19-16(17)20-15/h6-7,9,12,21H,5,8H2,1-4H3,(H3,17,18,19,20)/t9-,12+/m0/s1. The summed E-state index contributed by atoms with van der Waals surface area (Å²) < 4.78 is 10.6. The SMILES string of the molecule is CC[C@H](C)[C@@H](CO)Nc1nc(N)nc2cc(OC)c(OC)cc12. The molecule has 4 N–H and O–H groups in total. The molecule has 7 heteroatoms. The van der Waals surface area contributed by atoms with Crippen LogP contribution < -0.4 is 20.5 Å². The van der Waals surface area contributed by atoms with Gasteiger partial charge in [0.25, 0.3) is 0 Å². The highest BCUT2D eigenvalue weighted by Crippen LogP contribution is 2.34. The van der Waals surface area contributed by atoms with E-state index in [1.165, 1.54) is 0 Å². The topological polar surface area (TPSA) is 103 Å². The molecule has 1 heterocycles. The number of fused-ring (bicyclic) bond motifs is 1. The molecule has 1 aromatic heterocycles. The van der Waals surface area contributed by atoms with Gasteiger partial charge >= 0.3 is 0 Å². The molecule has 2 atom stereocenters. The summed E-state index contributed by atoms with van der Waals surface area (Å²) in [5.74, 6) is 2.18. The molecular weight excluding hydrogens is 296 g/mol. The second-order valence-corrected chi connectivity index (χ2v) is 5.47. The van der Waals surface area contributed by atoms with E-state index in [4.69, 9.17) is 15.2 Å². The third-order valence-electron chi connectivity index (χ3n) is 4.07. The zero-order valence-corrected chi connectivity index (χ0v) is 14.0. The number of aliphatic hydroxyl groups excluding tert-OH is 1. The van der Waals surface area contributed by atoms with Gasteiger partial charge in [0, 0.05) is 11.5 Å². The predicted octanol–water partition coefficient (Wildman–Crippen LogP) is 2.05. The Morgan fingerprint density at radius 1 is 1.22 bits per heavy atom. The van der Waals surface area contributed by atoms with Crippen molar-refractivity contribution in [3.8, 4) is 11.5 Å². The van der Waals surface area contributed by atoms with Gasteiger partial charge in [0.1, 0.15) is 5.82 Å². The molecule has 0 radical (unpaired) electrons. The maximum atomic E-state index is 9.63. The van der Waals surface area contributed by atoms with Gasteiger partial charge in [-0.3, -0.25) is 0 Å². The van der Waals surface area contributed by atoms with E-state index in [2.05, 4.69) is 29.1 Å². The molecular formula is C16H24N4O3. The lowest BCUT2D eigenvalue weighted by atomic mass is 10.00. The Morgan fingerprint density at radius 3 is 2.43 bits per heavy atom. The highest BCUT2D eigenvalue weighted by atomic mass is 16.5. The number of nitrogen functional groups attached to an aromatic ring is 1. The van der Waals surface area contributed by atoms with Gasteiger partial charge in [-0.1, -0.05) is 20.3 Å². The molecule has 126 valence electrons. The maximum Gasteiger partial charge on any atom is 0.222 e. The van der Waals surface area contributed by atoms with Gasteiger partial charge in [0.15, 0.2) is 11.5 Å². The lowest BCUT2D eigenvalue weighted by Crippen LogP contribution is -2.31. The van der Waals surface area contributed by atoms with Crippen LogP contribution in [0.5, 0.6) is 11.5 Å². The minimum atomic E-state index is -0.120. The van der Waals surface area contributed by atoms with Crippen LogP contribution in [0.15, 0.2) is 12.1 Å². The van der Waals surface area contributed by atoms with Crippen molar-refractivity contribution in [2.24, 2.45) is 5.92 Å². The van der Waals surface area contributed by atoms with Crippen LogP contribution in [0, 0.1) is 5.92 Å². The third-order valence-corrected chi connectivity index (χ3v) is 4.07. The third kappa shape index (κ3) is 3.56. The number of methoxy groups -OCH3 is 2. The van der Waals surface area contributed by atoms with Crippen molar-refractivity contribution in [3.63, 3.8) is 0 Å². The lowest BCUT2D eigenvalue weighted by molar-refractivity contribution is 0.241. The molecule has 0 unspecified atom stereocenters. The molecule has 0 fully saturated rings. The van der Waals surface area contributed by atoms with Gasteiger partial charge in [-0.05, 0) is 12.0 Å². The van der Waals surface area contributed by atoms with Gasteiger partial charge in [-0.15, -0.1) is 0 Å². The average molecular weight is 320 g/mol. The Morgan fingerprint density at radius 2 is 1.87 bits per heavy atom. The molecule has 1 aromatic carbocycles. The number of anilines is 2. The van der Waals surface area contributed by atoms with Gasteiger partial charge < -0.3 is 25.6 Å². The first-order valence-electron chi connectivity index (χ1n) is 7.60. The van der Waals surface area contributed by atoms with E-state index in [1.54, 1.807) is 26.4 Å². The largest absolute Gasteiger partial charge is 0.493 e. The van der Waals surface area contributed by atoms with E-state index < -0.39 is 0 Å². The van der Waals surface area contributed by atoms with Crippen molar-refractivity contribution in [2.75, 3.05) is 31.9 Å².